The monoisotopic (exact) mass is 195 g/mol. The van der Waals surface area contributed by atoms with E-state index < -0.39 is 0 Å². The second-order valence-electron chi connectivity index (χ2n) is 3.28. The molecule has 1 rings (SSSR count). The molecule has 0 aliphatic heterocycles. The van der Waals surface area contributed by atoms with E-state index in [0.717, 1.165) is 12.0 Å². The summed E-state index contributed by atoms with van der Waals surface area (Å²) in [7, 11) is 0. The number of aryl methyl sites for hydroxylation is 1. The molecule has 1 amide bonds. The maximum atomic E-state index is 13.2. The van der Waals surface area contributed by atoms with E-state index in [4.69, 9.17) is 0 Å². The van der Waals surface area contributed by atoms with Crippen LogP contribution in [0.2, 0.25) is 0 Å². The molecule has 0 atom stereocenters. The smallest absolute Gasteiger partial charge is 0.224 e. The zero-order valence-corrected chi connectivity index (χ0v) is 8.43. The third-order valence-electron chi connectivity index (χ3n) is 1.88. The highest BCUT2D eigenvalue weighted by Gasteiger charge is 2.05. The first-order chi connectivity index (χ1) is 6.63. The molecule has 2 nitrogen and oxygen atoms in total. The molecule has 0 spiro atoms. The number of nitrogens with one attached hydrogen (secondary N) is 1. The highest BCUT2D eigenvalue weighted by atomic mass is 19.1. The maximum Gasteiger partial charge on any atom is 0.224 e. The Kier molecular flexibility index (Phi) is 3.63. The zero-order chi connectivity index (χ0) is 10.6. The van der Waals surface area contributed by atoms with E-state index in [9.17, 15) is 9.18 Å². The molecule has 0 heterocycles. The van der Waals surface area contributed by atoms with Gasteiger partial charge in [0.1, 0.15) is 5.82 Å². The standard InChI is InChI=1S/C11H14FNO/c1-3-4-11(14)13-10-6-5-8(2)7-9(10)12/h5-7H,3-4H2,1-2H3,(H,13,14). The summed E-state index contributed by atoms with van der Waals surface area (Å²) in [4.78, 5) is 11.2. The molecule has 0 unspecified atom stereocenters. The summed E-state index contributed by atoms with van der Waals surface area (Å²) in [5.41, 5.74) is 1.10. The third-order valence-corrected chi connectivity index (χ3v) is 1.88. The second-order valence-corrected chi connectivity index (χ2v) is 3.28. The molecule has 76 valence electrons. The molecule has 0 aliphatic rings. The fourth-order valence-electron chi connectivity index (χ4n) is 1.16. The van der Waals surface area contributed by atoms with Gasteiger partial charge in [-0.05, 0) is 31.0 Å². The number of halogens is 1. The van der Waals surface area contributed by atoms with Gasteiger partial charge in [-0.2, -0.15) is 0 Å². The normalized spacial score (nSPS) is 9.93. The van der Waals surface area contributed by atoms with Crippen LogP contribution in [0.3, 0.4) is 0 Å². The first-order valence-corrected chi connectivity index (χ1v) is 4.69. The Balaban J connectivity index is 2.72. The molecule has 3 heteroatoms. The summed E-state index contributed by atoms with van der Waals surface area (Å²) in [6, 6.07) is 4.75. The van der Waals surface area contributed by atoms with Crippen molar-refractivity contribution in [2.75, 3.05) is 5.32 Å². The molecular formula is C11H14FNO. The van der Waals surface area contributed by atoms with Crippen LogP contribution in [-0.2, 0) is 4.79 Å². The topological polar surface area (TPSA) is 29.1 Å². The van der Waals surface area contributed by atoms with Crippen molar-refractivity contribution in [1.82, 2.24) is 0 Å². The van der Waals surface area contributed by atoms with Gasteiger partial charge in [-0.1, -0.05) is 13.0 Å². The van der Waals surface area contributed by atoms with Crippen molar-refractivity contribution in [3.05, 3.63) is 29.6 Å². The van der Waals surface area contributed by atoms with Crippen molar-refractivity contribution in [3.8, 4) is 0 Å². The molecular weight excluding hydrogens is 181 g/mol. The Morgan fingerprint density at radius 2 is 2.21 bits per heavy atom. The number of hydrogen-bond donors (Lipinski definition) is 1. The molecule has 14 heavy (non-hydrogen) atoms. The van der Waals surface area contributed by atoms with E-state index in [1.165, 1.54) is 6.07 Å². The average Bonchev–Trinajstić information content (AvgIpc) is 2.10. The van der Waals surface area contributed by atoms with Gasteiger partial charge in [0.2, 0.25) is 5.91 Å². The van der Waals surface area contributed by atoms with Crippen LogP contribution in [0.1, 0.15) is 25.3 Å². The molecule has 0 aliphatic carbocycles. The minimum absolute atomic E-state index is 0.143. The number of hydrogen-bond acceptors (Lipinski definition) is 1. The van der Waals surface area contributed by atoms with Crippen molar-refractivity contribution < 1.29 is 9.18 Å². The van der Waals surface area contributed by atoms with Gasteiger partial charge in [0, 0.05) is 6.42 Å². The zero-order valence-electron chi connectivity index (χ0n) is 8.43. The van der Waals surface area contributed by atoms with Crippen LogP contribution in [-0.4, -0.2) is 5.91 Å². The van der Waals surface area contributed by atoms with Gasteiger partial charge in [0.05, 0.1) is 5.69 Å². The van der Waals surface area contributed by atoms with Crippen molar-refractivity contribution in [2.24, 2.45) is 0 Å². The minimum atomic E-state index is -0.380. The molecule has 0 bridgehead atoms. The van der Waals surface area contributed by atoms with Crippen LogP contribution >= 0.6 is 0 Å². The number of carbonyl (C=O) groups is 1. The lowest BCUT2D eigenvalue weighted by Crippen LogP contribution is -2.11. The average molecular weight is 195 g/mol. The summed E-state index contributed by atoms with van der Waals surface area (Å²) >= 11 is 0. The van der Waals surface area contributed by atoms with Gasteiger partial charge < -0.3 is 5.32 Å². The van der Waals surface area contributed by atoms with Crippen molar-refractivity contribution in [3.63, 3.8) is 0 Å². The third kappa shape index (κ3) is 2.83. The van der Waals surface area contributed by atoms with Gasteiger partial charge in [-0.3, -0.25) is 4.79 Å². The van der Waals surface area contributed by atoms with Crippen LogP contribution in [0.25, 0.3) is 0 Å². The van der Waals surface area contributed by atoms with Gasteiger partial charge in [-0.25, -0.2) is 4.39 Å². The van der Waals surface area contributed by atoms with E-state index >= 15 is 0 Å². The number of anilines is 1. The van der Waals surface area contributed by atoms with Gasteiger partial charge in [-0.15, -0.1) is 0 Å². The molecule has 1 aromatic carbocycles. The summed E-state index contributed by atoms with van der Waals surface area (Å²) in [5, 5.41) is 2.52. The fourth-order valence-corrected chi connectivity index (χ4v) is 1.16. The van der Waals surface area contributed by atoms with E-state index in [0.29, 0.717) is 6.42 Å². The summed E-state index contributed by atoms with van der Waals surface area (Å²) < 4.78 is 13.2. The predicted molar refractivity (Wildman–Crippen MR) is 54.7 cm³/mol. The van der Waals surface area contributed by atoms with Crippen LogP contribution in [0.4, 0.5) is 10.1 Å². The van der Waals surface area contributed by atoms with Crippen molar-refractivity contribution >= 4 is 11.6 Å². The fraction of sp³-hybridized carbons (Fsp3) is 0.364. The second kappa shape index (κ2) is 4.74. The Hall–Kier alpha value is -1.38. The maximum absolute atomic E-state index is 13.2. The number of amides is 1. The van der Waals surface area contributed by atoms with E-state index in [1.807, 2.05) is 6.92 Å². The molecule has 1 N–H and O–H groups in total. The number of rotatable bonds is 3. The lowest BCUT2D eigenvalue weighted by molar-refractivity contribution is -0.116. The predicted octanol–water partition coefficient (Wildman–Crippen LogP) is 2.87. The largest absolute Gasteiger partial charge is 0.324 e. The number of carbonyl (C=O) groups excluding carboxylic acids is 1. The summed E-state index contributed by atoms with van der Waals surface area (Å²) in [6.07, 6.45) is 1.19. The molecule has 0 saturated carbocycles. The Morgan fingerprint density at radius 3 is 2.79 bits per heavy atom. The van der Waals surface area contributed by atoms with Crippen molar-refractivity contribution in [2.45, 2.75) is 26.7 Å². The molecule has 0 fully saturated rings. The lowest BCUT2D eigenvalue weighted by atomic mass is 10.2. The molecule has 0 saturated heterocycles. The van der Waals surface area contributed by atoms with E-state index in [1.54, 1.807) is 19.1 Å². The first kappa shape index (κ1) is 10.7. The first-order valence-electron chi connectivity index (χ1n) is 4.69. The SMILES string of the molecule is CCCC(=O)Nc1ccc(C)cc1F. The molecule has 1 aromatic rings. The van der Waals surface area contributed by atoms with Gasteiger partial charge in [0.25, 0.3) is 0 Å². The summed E-state index contributed by atoms with van der Waals surface area (Å²) in [5.74, 6) is -0.523. The van der Waals surface area contributed by atoms with Crippen LogP contribution in [0.5, 0.6) is 0 Å². The van der Waals surface area contributed by atoms with E-state index in [2.05, 4.69) is 5.32 Å². The minimum Gasteiger partial charge on any atom is -0.324 e. The van der Waals surface area contributed by atoms with Crippen molar-refractivity contribution in [1.29, 1.82) is 0 Å². The highest BCUT2D eigenvalue weighted by molar-refractivity contribution is 5.90. The van der Waals surface area contributed by atoms with Gasteiger partial charge >= 0.3 is 0 Å². The molecule has 0 aromatic heterocycles. The highest BCUT2D eigenvalue weighted by Crippen LogP contribution is 2.15. The van der Waals surface area contributed by atoms with E-state index in [-0.39, 0.29) is 17.4 Å². The van der Waals surface area contributed by atoms with Gasteiger partial charge in [0.15, 0.2) is 0 Å². The molecule has 0 radical (unpaired) electrons. The Morgan fingerprint density at radius 1 is 1.50 bits per heavy atom. The Labute approximate surface area is 83.1 Å². The number of benzene rings is 1. The summed E-state index contributed by atoms with van der Waals surface area (Å²) in [6.45, 7) is 3.71. The van der Waals surface area contributed by atoms with Crippen LogP contribution in [0, 0.1) is 12.7 Å². The lowest BCUT2D eigenvalue weighted by Gasteiger charge is -2.05. The quantitative estimate of drug-likeness (QED) is 0.789. The van der Waals surface area contributed by atoms with Crippen LogP contribution < -0.4 is 5.32 Å². The Bertz CT molecular complexity index is 336. The van der Waals surface area contributed by atoms with Crippen LogP contribution in [0.15, 0.2) is 18.2 Å².